The summed E-state index contributed by atoms with van der Waals surface area (Å²) in [7, 11) is 0. The average Bonchev–Trinajstić information content (AvgIpc) is 3.40. The first kappa shape index (κ1) is 22.7. The first-order chi connectivity index (χ1) is 16.1. The van der Waals surface area contributed by atoms with Crippen molar-refractivity contribution in [3.63, 3.8) is 0 Å². The van der Waals surface area contributed by atoms with E-state index in [4.69, 9.17) is 0 Å². The van der Waals surface area contributed by atoms with Gasteiger partial charge in [0.1, 0.15) is 0 Å². The lowest BCUT2D eigenvalue weighted by Gasteiger charge is -2.33. The van der Waals surface area contributed by atoms with Gasteiger partial charge in [0.05, 0.1) is 12.5 Å². The number of piperidine rings is 1. The fourth-order valence-corrected chi connectivity index (χ4v) is 4.64. The second-order valence-corrected chi connectivity index (χ2v) is 8.93. The minimum Gasteiger partial charge on any atom is -0.349 e. The van der Waals surface area contributed by atoms with Gasteiger partial charge in [0.25, 0.3) is 11.8 Å². The number of nitrogens with one attached hydrogen (secondary N) is 2. The van der Waals surface area contributed by atoms with Crippen LogP contribution in [0, 0.1) is 0 Å². The summed E-state index contributed by atoms with van der Waals surface area (Å²) in [4.78, 5) is 40.0. The minimum atomic E-state index is -0.414. The van der Waals surface area contributed by atoms with Crippen LogP contribution in [-0.2, 0) is 4.79 Å². The standard InChI is InChI=1S/C26H27N3O3S/c30-24(29-14-11-22(12-15-29)27-26(32)21-13-16-33-18-21)17-23(19-7-3-1-4-8-19)28-25(31)20-9-5-2-6-10-20/h1-10,13,16,18,22-23H,11-12,14-15,17H2,(H,27,32)(H,28,31). The van der Waals surface area contributed by atoms with Crippen molar-refractivity contribution in [2.75, 3.05) is 13.1 Å². The normalized spacial score (nSPS) is 15.0. The van der Waals surface area contributed by atoms with Crippen LogP contribution in [0.5, 0.6) is 0 Å². The van der Waals surface area contributed by atoms with Crippen molar-refractivity contribution in [1.29, 1.82) is 0 Å². The zero-order chi connectivity index (χ0) is 23.0. The third-order valence-corrected chi connectivity index (χ3v) is 6.57. The van der Waals surface area contributed by atoms with Crippen LogP contribution in [0.4, 0.5) is 0 Å². The van der Waals surface area contributed by atoms with Gasteiger partial charge in [-0.3, -0.25) is 14.4 Å². The number of thiophene rings is 1. The molecule has 1 unspecified atom stereocenters. The van der Waals surface area contributed by atoms with Gasteiger partial charge < -0.3 is 15.5 Å². The van der Waals surface area contributed by atoms with Crippen molar-refractivity contribution < 1.29 is 14.4 Å². The second-order valence-electron chi connectivity index (χ2n) is 8.15. The van der Waals surface area contributed by atoms with E-state index in [1.807, 2.05) is 70.3 Å². The summed E-state index contributed by atoms with van der Waals surface area (Å²) < 4.78 is 0. The van der Waals surface area contributed by atoms with Gasteiger partial charge in [-0.25, -0.2) is 0 Å². The monoisotopic (exact) mass is 461 g/mol. The summed E-state index contributed by atoms with van der Waals surface area (Å²) in [6, 6.07) is 20.0. The van der Waals surface area contributed by atoms with Gasteiger partial charge in [-0.2, -0.15) is 11.3 Å². The number of likely N-dealkylation sites (tertiary alicyclic amines) is 1. The van der Waals surface area contributed by atoms with E-state index in [1.165, 1.54) is 11.3 Å². The lowest BCUT2D eigenvalue weighted by Crippen LogP contribution is -2.47. The Hall–Kier alpha value is -3.45. The van der Waals surface area contributed by atoms with Crippen molar-refractivity contribution in [3.8, 4) is 0 Å². The molecule has 0 saturated carbocycles. The molecule has 4 rings (SSSR count). The minimum absolute atomic E-state index is 0.000161. The van der Waals surface area contributed by atoms with Gasteiger partial charge >= 0.3 is 0 Å². The first-order valence-electron chi connectivity index (χ1n) is 11.1. The van der Waals surface area contributed by atoms with E-state index in [2.05, 4.69) is 10.6 Å². The molecule has 33 heavy (non-hydrogen) atoms. The van der Waals surface area contributed by atoms with Gasteiger partial charge in [-0.15, -0.1) is 0 Å². The molecule has 2 heterocycles. The SMILES string of the molecule is O=C(NC1CCN(C(=O)CC(NC(=O)c2ccccc2)c2ccccc2)CC1)c1ccsc1. The Morgan fingerprint density at radius 2 is 1.55 bits per heavy atom. The Kier molecular flexibility index (Phi) is 7.52. The number of amides is 3. The van der Waals surface area contributed by atoms with E-state index in [-0.39, 0.29) is 30.2 Å². The Morgan fingerprint density at radius 1 is 0.879 bits per heavy atom. The molecule has 0 radical (unpaired) electrons. The van der Waals surface area contributed by atoms with E-state index in [9.17, 15) is 14.4 Å². The Bertz CT molecular complexity index is 1060. The van der Waals surface area contributed by atoms with Crippen molar-refractivity contribution in [2.24, 2.45) is 0 Å². The van der Waals surface area contributed by atoms with Crippen molar-refractivity contribution in [1.82, 2.24) is 15.5 Å². The van der Waals surface area contributed by atoms with Gasteiger partial charge in [-0.05, 0) is 42.0 Å². The maximum atomic E-state index is 13.1. The lowest BCUT2D eigenvalue weighted by molar-refractivity contribution is -0.132. The highest BCUT2D eigenvalue weighted by Gasteiger charge is 2.27. The summed E-state index contributed by atoms with van der Waals surface area (Å²) in [5.41, 5.74) is 2.14. The first-order valence-corrected chi connectivity index (χ1v) is 12.1. The summed E-state index contributed by atoms with van der Waals surface area (Å²) >= 11 is 1.50. The molecular formula is C26H27N3O3S. The number of benzene rings is 2. The number of hydrogen-bond acceptors (Lipinski definition) is 4. The molecule has 1 aliphatic heterocycles. The molecular weight excluding hydrogens is 434 g/mol. The zero-order valence-corrected chi connectivity index (χ0v) is 19.1. The number of rotatable bonds is 7. The predicted octanol–water partition coefficient (Wildman–Crippen LogP) is 4.03. The van der Waals surface area contributed by atoms with Crippen LogP contribution in [0.25, 0.3) is 0 Å². The predicted molar refractivity (Wildman–Crippen MR) is 129 cm³/mol. The highest BCUT2D eigenvalue weighted by atomic mass is 32.1. The fraction of sp³-hybridized carbons (Fsp3) is 0.269. The molecule has 7 heteroatoms. The topological polar surface area (TPSA) is 78.5 Å². The Labute approximate surface area is 197 Å². The second kappa shape index (κ2) is 10.9. The molecule has 170 valence electrons. The Morgan fingerprint density at radius 3 is 2.18 bits per heavy atom. The molecule has 0 bridgehead atoms. The highest BCUT2D eigenvalue weighted by molar-refractivity contribution is 7.08. The maximum absolute atomic E-state index is 13.1. The van der Waals surface area contributed by atoms with Crippen LogP contribution < -0.4 is 10.6 Å². The van der Waals surface area contributed by atoms with Crippen LogP contribution in [0.3, 0.4) is 0 Å². The number of carbonyl (C=O) groups is 3. The Balaban J connectivity index is 1.35. The van der Waals surface area contributed by atoms with E-state index in [1.54, 1.807) is 12.1 Å². The molecule has 1 atom stereocenters. The largest absolute Gasteiger partial charge is 0.349 e. The molecule has 2 aromatic carbocycles. The van der Waals surface area contributed by atoms with Gasteiger partial charge in [0.15, 0.2) is 0 Å². The highest BCUT2D eigenvalue weighted by Crippen LogP contribution is 2.21. The van der Waals surface area contributed by atoms with Crippen molar-refractivity contribution in [3.05, 3.63) is 94.2 Å². The van der Waals surface area contributed by atoms with E-state index < -0.39 is 6.04 Å². The molecule has 6 nitrogen and oxygen atoms in total. The molecule has 1 saturated heterocycles. The van der Waals surface area contributed by atoms with E-state index in [0.29, 0.717) is 37.1 Å². The molecule has 0 spiro atoms. The van der Waals surface area contributed by atoms with E-state index >= 15 is 0 Å². The lowest BCUT2D eigenvalue weighted by atomic mass is 10.00. The van der Waals surface area contributed by atoms with Crippen molar-refractivity contribution >= 4 is 29.1 Å². The zero-order valence-electron chi connectivity index (χ0n) is 18.3. The fourth-order valence-electron chi connectivity index (χ4n) is 4.01. The summed E-state index contributed by atoms with van der Waals surface area (Å²) in [5.74, 6) is -0.263. The quantitative estimate of drug-likeness (QED) is 0.558. The van der Waals surface area contributed by atoms with Crippen LogP contribution in [0.2, 0.25) is 0 Å². The van der Waals surface area contributed by atoms with Crippen LogP contribution >= 0.6 is 11.3 Å². The molecule has 3 amide bonds. The molecule has 0 aliphatic carbocycles. The maximum Gasteiger partial charge on any atom is 0.252 e. The van der Waals surface area contributed by atoms with Gasteiger partial charge in [-0.1, -0.05) is 48.5 Å². The van der Waals surface area contributed by atoms with Crippen LogP contribution in [0.15, 0.2) is 77.5 Å². The average molecular weight is 462 g/mol. The summed E-state index contributed by atoms with van der Waals surface area (Å²) in [6.07, 6.45) is 1.62. The smallest absolute Gasteiger partial charge is 0.252 e. The third-order valence-electron chi connectivity index (χ3n) is 5.89. The molecule has 2 N–H and O–H groups in total. The third kappa shape index (κ3) is 6.08. The summed E-state index contributed by atoms with van der Waals surface area (Å²) in [5, 5.41) is 9.81. The van der Waals surface area contributed by atoms with Gasteiger partial charge in [0, 0.05) is 35.6 Å². The summed E-state index contributed by atoms with van der Waals surface area (Å²) in [6.45, 7) is 1.17. The van der Waals surface area contributed by atoms with Crippen molar-refractivity contribution in [2.45, 2.75) is 31.3 Å². The van der Waals surface area contributed by atoms with Crippen LogP contribution in [0.1, 0.15) is 51.6 Å². The number of carbonyl (C=O) groups excluding carboxylic acids is 3. The molecule has 1 aliphatic rings. The molecule has 3 aromatic rings. The number of nitrogens with zero attached hydrogens (tertiary/aromatic N) is 1. The molecule has 1 aromatic heterocycles. The van der Waals surface area contributed by atoms with Crippen LogP contribution in [-0.4, -0.2) is 41.8 Å². The van der Waals surface area contributed by atoms with Gasteiger partial charge in [0.2, 0.25) is 5.91 Å². The molecule has 1 fully saturated rings. The van der Waals surface area contributed by atoms with E-state index in [0.717, 1.165) is 5.56 Å². The number of hydrogen-bond donors (Lipinski definition) is 2.